The van der Waals surface area contributed by atoms with Crippen LogP contribution in [0.1, 0.15) is 26.2 Å². The Labute approximate surface area is 126 Å². The molecule has 4 fully saturated rings. The lowest BCUT2D eigenvalue weighted by molar-refractivity contribution is 0.0147. The van der Waals surface area contributed by atoms with Crippen molar-refractivity contribution < 1.29 is 9.90 Å². The number of nitrogens with one attached hydrogen (secondary N) is 2. The number of piperazine rings is 3. The first-order chi connectivity index (χ1) is 10.1. The summed E-state index contributed by atoms with van der Waals surface area (Å²) >= 11 is 0. The van der Waals surface area contributed by atoms with E-state index in [1.54, 1.807) is 0 Å². The zero-order chi connectivity index (χ0) is 14.9. The second-order valence-electron chi connectivity index (χ2n) is 7.10. The molecule has 1 aliphatic carbocycles. The molecular formula is C15H28N4O2. The fraction of sp³-hybridized carbons (Fsp3) is 0.933. The topological polar surface area (TPSA) is 67.8 Å². The zero-order valence-corrected chi connectivity index (χ0v) is 13.0. The minimum absolute atomic E-state index is 0.0841. The van der Waals surface area contributed by atoms with Crippen LogP contribution in [0.25, 0.3) is 0 Å². The predicted molar refractivity (Wildman–Crippen MR) is 81.2 cm³/mol. The first-order valence-electron chi connectivity index (χ1n) is 8.22. The van der Waals surface area contributed by atoms with Crippen molar-refractivity contribution in [2.24, 2.45) is 5.41 Å². The molecule has 6 heteroatoms. The summed E-state index contributed by atoms with van der Waals surface area (Å²) in [6.07, 6.45) is 3.03. The summed E-state index contributed by atoms with van der Waals surface area (Å²) in [4.78, 5) is 17.1. The van der Waals surface area contributed by atoms with Gasteiger partial charge in [0.1, 0.15) is 0 Å². The first kappa shape index (κ1) is 15.1. The quantitative estimate of drug-likeness (QED) is 0.674. The van der Waals surface area contributed by atoms with Gasteiger partial charge in [0.25, 0.3) is 0 Å². The van der Waals surface area contributed by atoms with E-state index in [2.05, 4.69) is 27.4 Å². The summed E-state index contributed by atoms with van der Waals surface area (Å²) in [6.45, 7) is 8.56. The van der Waals surface area contributed by atoms with E-state index in [0.717, 1.165) is 38.9 Å². The average molecular weight is 296 g/mol. The van der Waals surface area contributed by atoms with Gasteiger partial charge in [-0.05, 0) is 12.8 Å². The lowest BCUT2D eigenvalue weighted by atomic mass is 9.86. The van der Waals surface area contributed by atoms with Gasteiger partial charge in [-0.3, -0.25) is 9.80 Å². The Kier molecular flexibility index (Phi) is 4.38. The molecule has 120 valence electrons. The molecule has 0 radical (unpaired) electrons. The molecule has 6 nitrogen and oxygen atoms in total. The number of fused-ring (bicyclic) bond motifs is 3. The standard InChI is InChI=1S/C15H28N4O2/c1-15(11-20)4-2-3-13(15)17-14(21)16-9-12-10-18-5-7-19(12)8-6-18/h12-13,20H,2-11H2,1H3,(H2,16,17,21). The van der Waals surface area contributed by atoms with Crippen LogP contribution in [0.15, 0.2) is 0 Å². The minimum atomic E-state index is -0.156. The van der Waals surface area contributed by atoms with Gasteiger partial charge in [0.2, 0.25) is 0 Å². The number of nitrogens with zero attached hydrogens (tertiary/aromatic N) is 2. The van der Waals surface area contributed by atoms with Crippen molar-refractivity contribution in [3.63, 3.8) is 0 Å². The molecule has 2 bridgehead atoms. The molecule has 3 aliphatic heterocycles. The van der Waals surface area contributed by atoms with Gasteiger partial charge in [-0.15, -0.1) is 0 Å². The van der Waals surface area contributed by atoms with Crippen molar-refractivity contribution in [1.82, 2.24) is 20.4 Å². The molecule has 0 aromatic rings. The molecule has 1 saturated carbocycles. The second-order valence-corrected chi connectivity index (χ2v) is 7.10. The maximum Gasteiger partial charge on any atom is 0.315 e. The smallest absolute Gasteiger partial charge is 0.315 e. The summed E-state index contributed by atoms with van der Waals surface area (Å²) in [7, 11) is 0. The Morgan fingerprint density at radius 2 is 2.10 bits per heavy atom. The third-order valence-electron chi connectivity index (χ3n) is 5.64. The van der Waals surface area contributed by atoms with Crippen LogP contribution < -0.4 is 10.6 Å². The summed E-state index contributed by atoms with van der Waals surface area (Å²) in [5.41, 5.74) is -0.156. The molecule has 4 aliphatic rings. The van der Waals surface area contributed by atoms with E-state index < -0.39 is 0 Å². The third kappa shape index (κ3) is 3.17. The molecule has 0 aromatic carbocycles. The van der Waals surface area contributed by atoms with Crippen molar-refractivity contribution in [3.8, 4) is 0 Å². The van der Waals surface area contributed by atoms with E-state index in [1.807, 2.05) is 0 Å². The summed E-state index contributed by atoms with van der Waals surface area (Å²) in [5.74, 6) is 0. The molecule has 4 rings (SSSR count). The molecule has 3 N–H and O–H groups in total. The number of aliphatic hydroxyl groups excluding tert-OH is 1. The normalized spacial score (nSPS) is 42.0. The van der Waals surface area contributed by atoms with E-state index >= 15 is 0 Å². The fourth-order valence-electron chi connectivity index (χ4n) is 4.01. The Morgan fingerprint density at radius 1 is 1.33 bits per heavy atom. The highest BCUT2D eigenvalue weighted by Gasteiger charge is 2.39. The highest BCUT2D eigenvalue weighted by atomic mass is 16.3. The van der Waals surface area contributed by atoms with Gasteiger partial charge < -0.3 is 15.7 Å². The van der Waals surface area contributed by atoms with Crippen molar-refractivity contribution in [2.75, 3.05) is 45.9 Å². The number of hydrogen-bond acceptors (Lipinski definition) is 4. The number of hydrogen-bond donors (Lipinski definition) is 3. The summed E-state index contributed by atoms with van der Waals surface area (Å²) in [5, 5.41) is 15.6. The van der Waals surface area contributed by atoms with Crippen molar-refractivity contribution in [3.05, 3.63) is 0 Å². The second kappa shape index (κ2) is 6.10. The van der Waals surface area contributed by atoms with Crippen LogP contribution in [0, 0.1) is 5.41 Å². The molecule has 2 amide bonds. The first-order valence-corrected chi connectivity index (χ1v) is 8.22. The Bertz CT molecular complexity index is 384. The van der Waals surface area contributed by atoms with Crippen LogP contribution in [-0.4, -0.2) is 78.9 Å². The van der Waals surface area contributed by atoms with E-state index in [4.69, 9.17) is 0 Å². The summed E-state index contributed by atoms with van der Waals surface area (Å²) in [6, 6.07) is 0.458. The maximum absolute atomic E-state index is 12.1. The van der Waals surface area contributed by atoms with Gasteiger partial charge in [-0.2, -0.15) is 0 Å². The monoisotopic (exact) mass is 296 g/mol. The van der Waals surface area contributed by atoms with E-state index in [9.17, 15) is 9.90 Å². The largest absolute Gasteiger partial charge is 0.396 e. The Morgan fingerprint density at radius 3 is 2.71 bits per heavy atom. The van der Waals surface area contributed by atoms with Crippen LogP contribution in [-0.2, 0) is 0 Å². The van der Waals surface area contributed by atoms with Crippen molar-refractivity contribution in [1.29, 1.82) is 0 Å². The van der Waals surface area contributed by atoms with Gasteiger partial charge in [0.15, 0.2) is 0 Å². The molecule has 3 atom stereocenters. The molecule has 0 aromatic heterocycles. The highest BCUT2D eigenvalue weighted by molar-refractivity contribution is 5.74. The van der Waals surface area contributed by atoms with Crippen LogP contribution in [0.2, 0.25) is 0 Å². The van der Waals surface area contributed by atoms with Crippen LogP contribution in [0.4, 0.5) is 4.79 Å². The average Bonchev–Trinajstić information content (AvgIpc) is 2.88. The number of carbonyl (C=O) groups is 1. The van der Waals surface area contributed by atoms with Crippen molar-refractivity contribution >= 4 is 6.03 Å². The SMILES string of the molecule is CC1(CO)CCCC1NC(=O)NCC1CN2CCN1CC2. The molecular weight excluding hydrogens is 268 g/mol. The van der Waals surface area contributed by atoms with Crippen LogP contribution >= 0.6 is 0 Å². The predicted octanol–water partition coefficient (Wildman–Crippen LogP) is -0.163. The fourth-order valence-corrected chi connectivity index (χ4v) is 4.01. The molecule has 0 spiro atoms. The maximum atomic E-state index is 12.1. The van der Waals surface area contributed by atoms with Crippen LogP contribution in [0.3, 0.4) is 0 Å². The summed E-state index contributed by atoms with van der Waals surface area (Å²) < 4.78 is 0. The van der Waals surface area contributed by atoms with Gasteiger partial charge >= 0.3 is 6.03 Å². The van der Waals surface area contributed by atoms with Gasteiger partial charge in [0.05, 0.1) is 6.61 Å². The third-order valence-corrected chi connectivity index (χ3v) is 5.64. The number of urea groups is 1. The van der Waals surface area contributed by atoms with E-state index in [0.29, 0.717) is 12.6 Å². The Hall–Kier alpha value is -0.850. The number of rotatable bonds is 4. The van der Waals surface area contributed by atoms with Crippen molar-refractivity contribution in [2.45, 2.75) is 38.3 Å². The lowest BCUT2D eigenvalue weighted by Crippen LogP contribution is -2.64. The van der Waals surface area contributed by atoms with E-state index in [1.165, 1.54) is 13.1 Å². The van der Waals surface area contributed by atoms with Gasteiger partial charge in [-0.1, -0.05) is 13.3 Å². The highest BCUT2D eigenvalue weighted by Crippen LogP contribution is 2.37. The minimum Gasteiger partial charge on any atom is -0.396 e. The Balaban J connectivity index is 1.44. The van der Waals surface area contributed by atoms with Gasteiger partial charge in [0, 0.05) is 56.8 Å². The molecule has 3 unspecified atom stereocenters. The number of aliphatic hydroxyl groups is 1. The van der Waals surface area contributed by atoms with E-state index in [-0.39, 0.29) is 24.1 Å². The molecule has 3 saturated heterocycles. The molecule has 21 heavy (non-hydrogen) atoms. The number of carbonyl (C=O) groups excluding carboxylic acids is 1. The zero-order valence-electron chi connectivity index (χ0n) is 13.0. The molecule has 3 heterocycles. The van der Waals surface area contributed by atoms with Gasteiger partial charge in [-0.25, -0.2) is 4.79 Å². The number of amides is 2. The van der Waals surface area contributed by atoms with Crippen LogP contribution in [0.5, 0.6) is 0 Å². The lowest BCUT2D eigenvalue weighted by Gasteiger charge is -2.47.